The van der Waals surface area contributed by atoms with Crippen LogP contribution in [0.1, 0.15) is 5.82 Å². The van der Waals surface area contributed by atoms with E-state index in [-0.39, 0.29) is 12.2 Å². The standard InChI is InChI=1S/C14H12N4O3/c1-20-9-3-2-4-10(7-9)21-8-12-16-13-11(14(19)17-12)5-6-15-18-13/h2-7H,8H2,1H3,(H,16,17,18,19). The minimum atomic E-state index is -0.265. The summed E-state index contributed by atoms with van der Waals surface area (Å²) >= 11 is 0. The van der Waals surface area contributed by atoms with Gasteiger partial charge in [0.2, 0.25) is 0 Å². The van der Waals surface area contributed by atoms with Gasteiger partial charge in [-0.2, -0.15) is 5.10 Å². The van der Waals surface area contributed by atoms with Gasteiger partial charge >= 0.3 is 0 Å². The van der Waals surface area contributed by atoms with Crippen molar-refractivity contribution < 1.29 is 9.47 Å². The Balaban J connectivity index is 1.83. The first-order valence-electron chi connectivity index (χ1n) is 6.24. The zero-order valence-corrected chi connectivity index (χ0v) is 11.2. The second-order valence-corrected chi connectivity index (χ2v) is 4.25. The smallest absolute Gasteiger partial charge is 0.260 e. The lowest BCUT2D eigenvalue weighted by molar-refractivity contribution is 0.293. The van der Waals surface area contributed by atoms with E-state index in [0.29, 0.717) is 28.4 Å². The topological polar surface area (TPSA) is 90.0 Å². The van der Waals surface area contributed by atoms with E-state index in [1.165, 1.54) is 6.20 Å². The summed E-state index contributed by atoms with van der Waals surface area (Å²) in [6.45, 7) is 0.120. The SMILES string of the molecule is COc1cccc(OCc2nc3nnccc3c(=O)[nH]2)c1. The van der Waals surface area contributed by atoms with Crippen molar-refractivity contribution in [3.8, 4) is 11.5 Å². The van der Waals surface area contributed by atoms with Crippen molar-refractivity contribution >= 4 is 11.0 Å². The van der Waals surface area contributed by atoms with Crippen molar-refractivity contribution in [3.63, 3.8) is 0 Å². The van der Waals surface area contributed by atoms with Gasteiger partial charge in [0.05, 0.1) is 18.7 Å². The largest absolute Gasteiger partial charge is 0.497 e. The van der Waals surface area contributed by atoms with Gasteiger partial charge in [-0.25, -0.2) is 4.98 Å². The Bertz CT molecular complexity index is 832. The molecule has 0 radical (unpaired) electrons. The molecule has 0 atom stereocenters. The molecule has 0 saturated heterocycles. The molecule has 7 nitrogen and oxygen atoms in total. The molecule has 0 bridgehead atoms. The van der Waals surface area contributed by atoms with Gasteiger partial charge in [-0.3, -0.25) is 4.79 Å². The minimum Gasteiger partial charge on any atom is -0.497 e. The number of nitrogens with zero attached hydrogens (tertiary/aromatic N) is 3. The number of fused-ring (bicyclic) bond motifs is 1. The molecule has 7 heteroatoms. The van der Waals surface area contributed by atoms with Crippen molar-refractivity contribution in [2.45, 2.75) is 6.61 Å². The molecule has 0 aliphatic carbocycles. The summed E-state index contributed by atoms with van der Waals surface area (Å²) in [5, 5.41) is 7.94. The van der Waals surface area contributed by atoms with Crippen molar-refractivity contribution in [2.75, 3.05) is 7.11 Å². The van der Waals surface area contributed by atoms with E-state index in [0.717, 1.165) is 0 Å². The summed E-state index contributed by atoms with van der Waals surface area (Å²) in [6, 6.07) is 8.75. The molecule has 3 aromatic rings. The van der Waals surface area contributed by atoms with E-state index in [1.807, 2.05) is 12.1 Å². The van der Waals surface area contributed by atoms with E-state index >= 15 is 0 Å². The van der Waals surface area contributed by atoms with Crippen LogP contribution >= 0.6 is 0 Å². The van der Waals surface area contributed by atoms with E-state index in [1.54, 1.807) is 25.3 Å². The Morgan fingerprint density at radius 3 is 2.95 bits per heavy atom. The molecular weight excluding hydrogens is 272 g/mol. The molecule has 0 amide bonds. The van der Waals surface area contributed by atoms with Crippen LogP contribution in [-0.4, -0.2) is 27.3 Å². The first-order valence-corrected chi connectivity index (χ1v) is 6.24. The number of ether oxygens (including phenoxy) is 2. The van der Waals surface area contributed by atoms with Crippen LogP contribution in [0.25, 0.3) is 11.0 Å². The first-order chi connectivity index (χ1) is 10.3. The van der Waals surface area contributed by atoms with Crippen LogP contribution in [0.5, 0.6) is 11.5 Å². The molecular formula is C14H12N4O3. The lowest BCUT2D eigenvalue weighted by Crippen LogP contribution is -2.14. The van der Waals surface area contributed by atoms with E-state index in [2.05, 4.69) is 20.2 Å². The number of hydrogen-bond donors (Lipinski definition) is 1. The van der Waals surface area contributed by atoms with Crippen LogP contribution < -0.4 is 15.0 Å². The molecule has 0 aliphatic rings. The molecule has 2 heterocycles. The minimum absolute atomic E-state index is 0.120. The highest BCUT2D eigenvalue weighted by Crippen LogP contribution is 2.19. The quantitative estimate of drug-likeness (QED) is 0.776. The normalized spacial score (nSPS) is 10.5. The van der Waals surface area contributed by atoms with Crippen LogP contribution in [0.3, 0.4) is 0 Å². The van der Waals surface area contributed by atoms with Gasteiger partial charge in [-0.05, 0) is 18.2 Å². The first kappa shape index (κ1) is 13.0. The van der Waals surface area contributed by atoms with Gasteiger partial charge in [0.15, 0.2) is 5.65 Å². The fourth-order valence-corrected chi connectivity index (χ4v) is 1.85. The fourth-order valence-electron chi connectivity index (χ4n) is 1.85. The Morgan fingerprint density at radius 2 is 2.10 bits per heavy atom. The predicted molar refractivity (Wildman–Crippen MR) is 75.3 cm³/mol. The van der Waals surface area contributed by atoms with Gasteiger partial charge in [0.1, 0.15) is 23.9 Å². The number of aromatic nitrogens is 4. The maximum Gasteiger partial charge on any atom is 0.260 e. The molecule has 2 aromatic heterocycles. The second kappa shape index (κ2) is 5.58. The van der Waals surface area contributed by atoms with Crippen LogP contribution in [0.2, 0.25) is 0 Å². The van der Waals surface area contributed by atoms with E-state index in [9.17, 15) is 4.79 Å². The third-order valence-corrected chi connectivity index (χ3v) is 2.86. The molecule has 1 aromatic carbocycles. The summed E-state index contributed by atoms with van der Waals surface area (Å²) in [7, 11) is 1.58. The van der Waals surface area contributed by atoms with Crippen molar-refractivity contribution in [1.82, 2.24) is 20.2 Å². The van der Waals surface area contributed by atoms with Gasteiger partial charge in [-0.15, -0.1) is 5.10 Å². The predicted octanol–water partition coefficient (Wildman–Crippen LogP) is 1.30. The Labute approximate surface area is 119 Å². The van der Waals surface area contributed by atoms with Gasteiger partial charge in [0, 0.05) is 6.07 Å². The van der Waals surface area contributed by atoms with Crippen molar-refractivity contribution in [2.24, 2.45) is 0 Å². The number of benzene rings is 1. The van der Waals surface area contributed by atoms with Crippen LogP contribution in [0.4, 0.5) is 0 Å². The average Bonchev–Trinajstić information content (AvgIpc) is 2.53. The van der Waals surface area contributed by atoms with Crippen LogP contribution in [0, 0.1) is 0 Å². The third-order valence-electron chi connectivity index (χ3n) is 2.86. The maximum absolute atomic E-state index is 11.9. The molecule has 21 heavy (non-hydrogen) atoms. The maximum atomic E-state index is 11.9. The highest BCUT2D eigenvalue weighted by atomic mass is 16.5. The van der Waals surface area contributed by atoms with E-state index in [4.69, 9.17) is 9.47 Å². The van der Waals surface area contributed by atoms with Crippen molar-refractivity contribution in [3.05, 3.63) is 52.7 Å². The number of nitrogens with one attached hydrogen (secondary N) is 1. The number of hydrogen-bond acceptors (Lipinski definition) is 6. The van der Waals surface area contributed by atoms with Crippen LogP contribution in [-0.2, 0) is 6.61 Å². The van der Waals surface area contributed by atoms with Gasteiger partial charge < -0.3 is 14.5 Å². The molecule has 0 aliphatic heterocycles. The number of methoxy groups -OCH3 is 1. The molecule has 0 spiro atoms. The van der Waals surface area contributed by atoms with Crippen LogP contribution in [0.15, 0.2) is 41.3 Å². The lowest BCUT2D eigenvalue weighted by atomic mass is 10.3. The Morgan fingerprint density at radius 1 is 1.24 bits per heavy atom. The average molecular weight is 284 g/mol. The number of H-pyrrole nitrogens is 1. The molecule has 3 rings (SSSR count). The zero-order chi connectivity index (χ0) is 14.7. The summed E-state index contributed by atoms with van der Waals surface area (Å²) < 4.78 is 10.7. The number of aromatic amines is 1. The van der Waals surface area contributed by atoms with Gasteiger partial charge in [-0.1, -0.05) is 6.07 Å². The van der Waals surface area contributed by atoms with Gasteiger partial charge in [0.25, 0.3) is 5.56 Å². The monoisotopic (exact) mass is 284 g/mol. The lowest BCUT2D eigenvalue weighted by Gasteiger charge is -2.07. The van der Waals surface area contributed by atoms with Crippen molar-refractivity contribution in [1.29, 1.82) is 0 Å². The fraction of sp³-hybridized carbons (Fsp3) is 0.143. The Kier molecular flexibility index (Phi) is 3.46. The summed E-state index contributed by atoms with van der Waals surface area (Å²) in [6.07, 6.45) is 1.45. The third kappa shape index (κ3) is 2.81. The molecule has 0 unspecified atom stereocenters. The molecule has 0 saturated carbocycles. The summed E-state index contributed by atoms with van der Waals surface area (Å²) in [5.74, 6) is 1.70. The second-order valence-electron chi connectivity index (χ2n) is 4.25. The van der Waals surface area contributed by atoms with E-state index < -0.39 is 0 Å². The molecule has 0 fully saturated rings. The highest BCUT2D eigenvalue weighted by Gasteiger charge is 2.06. The summed E-state index contributed by atoms with van der Waals surface area (Å²) in [5.41, 5.74) is 0.0321. The Hall–Kier alpha value is -2.96. The zero-order valence-electron chi connectivity index (χ0n) is 11.2. The number of rotatable bonds is 4. The summed E-state index contributed by atoms with van der Waals surface area (Å²) in [4.78, 5) is 18.7. The molecule has 106 valence electrons. The highest BCUT2D eigenvalue weighted by molar-refractivity contribution is 5.71. The molecule has 1 N–H and O–H groups in total.